The normalized spacial score (nSPS) is 24.1. The lowest BCUT2D eigenvalue weighted by Crippen LogP contribution is -2.39. The Bertz CT molecular complexity index is 449. The van der Waals surface area contributed by atoms with Crippen LogP contribution in [0.15, 0.2) is 18.2 Å². The average molecular weight is 248 g/mol. The molecule has 0 bridgehead atoms. The van der Waals surface area contributed by atoms with Gasteiger partial charge in [-0.3, -0.25) is 10.1 Å². The molecule has 18 heavy (non-hydrogen) atoms. The minimum absolute atomic E-state index is 0.233. The molecule has 0 radical (unpaired) electrons. The molecule has 0 amide bonds. The van der Waals surface area contributed by atoms with Crippen molar-refractivity contribution in [2.45, 2.75) is 27.2 Å². The zero-order valence-electron chi connectivity index (χ0n) is 11.2. The molecule has 0 saturated carbocycles. The van der Waals surface area contributed by atoms with E-state index in [-0.39, 0.29) is 10.6 Å². The summed E-state index contributed by atoms with van der Waals surface area (Å²) in [5, 5.41) is 11.2. The van der Waals surface area contributed by atoms with Crippen molar-refractivity contribution >= 4 is 11.4 Å². The van der Waals surface area contributed by atoms with Crippen molar-refractivity contribution in [3.8, 4) is 0 Å². The van der Waals surface area contributed by atoms with Crippen LogP contribution < -0.4 is 4.90 Å². The molecular weight excluding hydrogens is 228 g/mol. The molecule has 2 rings (SSSR count). The van der Waals surface area contributed by atoms with Crippen molar-refractivity contribution in [2.24, 2.45) is 11.8 Å². The van der Waals surface area contributed by atoms with E-state index >= 15 is 0 Å². The molecule has 0 N–H and O–H groups in total. The van der Waals surface area contributed by atoms with Gasteiger partial charge in [0, 0.05) is 19.2 Å². The maximum absolute atomic E-state index is 11.2. The van der Waals surface area contributed by atoms with Gasteiger partial charge >= 0.3 is 0 Å². The van der Waals surface area contributed by atoms with E-state index in [1.54, 1.807) is 6.07 Å². The van der Waals surface area contributed by atoms with E-state index < -0.39 is 0 Å². The van der Waals surface area contributed by atoms with Crippen molar-refractivity contribution in [3.63, 3.8) is 0 Å². The van der Waals surface area contributed by atoms with Crippen molar-refractivity contribution in [3.05, 3.63) is 33.9 Å². The van der Waals surface area contributed by atoms with Crippen LogP contribution in [0.5, 0.6) is 0 Å². The van der Waals surface area contributed by atoms with Crippen LogP contribution >= 0.6 is 0 Å². The third-order valence-electron chi connectivity index (χ3n) is 3.54. The number of anilines is 1. The number of aryl methyl sites for hydroxylation is 1. The van der Waals surface area contributed by atoms with Gasteiger partial charge in [-0.2, -0.15) is 0 Å². The summed E-state index contributed by atoms with van der Waals surface area (Å²) in [5.41, 5.74) is 1.93. The SMILES string of the molecule is Cc1ccc(N2C[C@H](C)C[C@H](C)C2)c([N+](=O)[O-])c1. The van der Waals surface area contributed by atoms with Gasteiger partial charge in [-0.05, 0) is 36.8 Å². The summed E-state index contributed by atoms with van der Waals surface area (Å²) < 4.78 is 0. The molecule has 0 spiro atoms. The van der Waals surface area contributed by atoms with Crippen molar-refractivity contribution < 1.29 is 4.92 Å². The number of nitrogens with zero attached hydrogens (tertiary/aromatic N) is 2. The third-order valence-corrected chi connectivity index (χ3v) is 3.54. The lowest BCUT2D eigenvalue weighted by atomic mass is 9.91. The van der Waals surface area contributed by atoms with Crippen LogP contribution in [0.2, 0.25) is 0 Å². The molecule has 1 aromatic carbocycles. The van der Waals surface area contributed by atoms with Crippen LogP contribution in [-0.4, -0.2) is 18.0 Å². The predicted molar refractivity (Wildman–Crippen MR) is 73.0 cm³/mol. The summed E-state index contributed by atoms with van der Waals surface area (Å²) in [7, 11) is 0. The van der Waals surface area contributed by atoms with Crippen molar-refractivity contribution in [1.82, 2.24) is 0 Å². The summed E-state index contributed by atoms with van der Waals surface area (Å²) in [4.78, 5) is 13.1. The summed E-state index contributed by atoms with van der Waals surface area (Å²) in [6.07, 6.45) is 1.20. The minimum atomic E-state index is -0.272. The second kappa shape index (κ2) is 4.96. The van der Waals surface area contributed by atoms with Gasteiger partial charge in [-0.1, -0.05) is 19.9 Å². The second-order valence-electron chi connectivity index (χ2n) is 5.60. The first-order chi connectivity index (χ1) is 8.47. The molecule has 0 aliphatic carbocycles. The van der Waals surface area contributed by atoms with Gasteiger partial charge in [0.25, 0.3) is 5.69 Å². The Morgan fingerprint density at radius 1 is 1.28 bits per heavy atom. The van der Waals surface area contributed by atoms with E-state index in [9.17, 15) is 10.1 Å². The zero-order valence-corrected chi connectivity index (χ0v) is 11.2. The lowest BCUT2D eigenvalue weighted by molar-refractivity contribution is -0.384. The summed E-state index contributed by atoms with van der Waals surface area (Å²) in [6.45, 7) is 8.13. The maximum atomic E-state index is 11.2. The molecule has 2 atom stereocenters. The van der Waals surface area contributed by atoms with Crippen LogP contribution in [0.3, 0.4) is 0 Å². The highest BCUT2D eigenvalue weighted by molar-refractivity contribution is 5.64. The van der Waals surface area contributed by atoms with Gasteiger partial charge in [0.05, 0.1) is 4.92 Å². The topological polar surface area (TPSA) is 46.4 Å². The Kier molecular flexibility index (Phi) is 3.55. The lowest BCUT2D eigenvalue weighted by Gasteiger charge is -2.36. The number of benzene rings is 1. The van der Waals surface area contributed by atoms with E-state index in [1.807, 2.05) is 19.1 Å². The quantitative estimate of drug-likeness (QED) is 0.595. The molecular formula is C14H20N2O2. The Hall–Kier alpha value is -1.58. The van der Waals surface area contributed by atoms with E-state index in [0.717, 1.165) is 24.3 Å². The molecule has 1 aromatic rings. The fraction of sp³-hybridized carbons (Fsp3) is 0.571. The van der Waals surface area contributed by atoms with E-state index in [4.69, 9.17) is 0 Å². The molecule has 1 aliphatic rings. The average Bonchev–Trinajstić information content (AvgIpc) is 2.27. The first-order valence-electron chi connectivity index (χ1n) is 6.47. The fourth-order valence-electron chi connectivity index (χ4n) is 2.91. The first-order valence-corrected chi connectivity index (χ1v) is 6.47. The maximum Gasteiger partial charge on any atom is 0.292 e. The smallest absolute Gasteiger partial charge is 0.292 e. The highest BCUT2D eigenvalue weighted by Crippen LogP contribution is 2.33. The molecule has 1 aliphatic heterocycles. The fourth-order valence-corrected chi connectivity index (χ4v) is 2.91. The number of piperidine rings is 1. The van der Waals surface area contributed by atoms with Crippen LogP contribution in [0.25, 0.3) is 0 Å². The molecule has 1 fully saturated rings. The van der Waals surface area contributed by atoms with E-state index in [0.29, 0.717) is 11.8 Å². The Morgan fingerprint density at radius 3 is 2.44 bits per heavy atom. The number of nitro benzene ring substituents is 1. The minimum Gasteiger partial charge on any atom is -0.365 e. The van der Waals surface area contributed by atoms with Crippen LogP contribution in [0, 0.1) is 28.9 Å². The Labute approximate surface area is 108 Å². The van der Waals surface area contributed by atoms with Crippen molar-refractivity contribution in [2.75, 3.05) is 18.0 Å². The van der Waals surface area contributed by atoms with Gasteiger partial charge < -0.3 is 4.90 Å². The standard InChI is InChI=1S/C14H20N2O2/c1-10-4-5-13(14(7-10)16(17)18)15-8-11(2)6-12(3)9-15/h4-5,7,11-12H,6,8-9H2,1-3H3/t11-,12+. The molecule has 0 unspecified atom stereocenters. The van der Waals surface area contributed by atoms with Crippen LogP contribution in [0.4, 0.5) is 11.4 Å². The first kappa shape index (κ1) is 12.9. The van der Waals surface area contributed by atoms with E-state index in [2.05, 4.69) is 18.7 Å². The molecule has 4 heteroatoms. The molecule has 4 nitrogen and oxygen atoms in total. The molecule has 1 saturated heterocycles. The molecule has 0 aromatic heterocycles. The number of nitro groups is 1. The number of hydrogen-bond donors (Lipinski definition) is 0. The summed E-state index contributed by atoms with van der Waals surface area (Å²) in [5.74, 6) is 1.18. The Balaban J connectivity index is 2.35. The Morgan fingerprint density at radius 2 is 1.89 bits per heavy atom. The van der Waals surface area contributed by atoms with Gasteiger partial charge in [-0.25, -0.2) is 0 Å². The largest absolute Gasteiger partial charge is 0.365 e. The van der Waals surface area contributed by atoms with E-state index in [1.165, 1.54) is 6.42 Å². The van der Waals surface area contributed by atoms with Crippen LogP contribution in [-0.2, 0) is 0 Å². The summed E-state index contributed by atoms with van der Waals surface area (Å²) >= 11 is 0. The molecule has 1 heterocycles. The van der Waals surface area contributed by atoms with Gasteiger partial charge in [0.1, 0.15) is 5.69 Å². The number of rotatable bonds is 2. The van der Waals surface area contributed by atoms with Crippen molar-refractivity contribution in [1.29, 1.82) is 0 Å². The molecule has 98 valence electrons. The van der Waals surface area contributed by atoms with Gasteiger partial charge in [-0.15, -0.1) is 0 Å². The third kappa shape index (κ3) is 2.63. The predicted octanol–water partition coefficient (Wildman–Crippen LogP) is 3.39. The highest BCUT2D eigenvalue weighted by Gasteiger charge is 2.26. The highest BCUT2D eigenvalue weighted by atomic mass is 16.6. The second-order valence-corrected chi connectivity index (χ2v) is 5.60. The van der Waals surface area contributed by atoms with Gasteiger partial charge in [0.2, 0.25) is 0 Å². The van der Waals surface area contributed by atoms with Gasteiger partial charge in [0.15, 0.2) is 0 Å². The number of hydrogen-bond acceptors (Lipinski definition) is 3. The monoisotopic (exact) mass is 248 g/mol. The van der Waals surface area contributed by atoms with Crippen LogP contribution in [0.1, 0.15) is 25.8 Å². The zero-order chi connectivity index (χ0) is 13.3. The summed E-state index contributed by atoms with van der Waals surface area (Å²) in [6, 6.07) is 5.50.